The summed E-state index contributed by atoms with van der Waals surface area (Å²) in [5.41, 5.74) is -3.25. The van der Waals surface area contributed by atoms with Gasteiger partial charge in [0.25, 0.3) is 0 Å². The van der Waals surface area contributed by atoms with Crippen LogP contribution < -0.4 is 0 Å². The second kappa shape index (κ2) is 7.46. The summed E-state index contributed by atoms with van der Waals surface area (Å²) in [7, 11) is 0. The van der Waals surface area contributed by atoms with Crippen LogP contribution in [0.25, 0.3) is 0 Å². The fourth-order valence-electron chi connectivity index (χ4n) is 1.04. The SMILES string of the molecule is CC(C)(C(=O)O)C(=O)O.CCC(CC)(C(=O)O)C(=O)O. The molecule has 0 heterocycles. The van der Waals surface area contributed by atoms with E-state index in [2.05, 4.69) is 0 Å². The van der Waals surface area contributed by atoms with Crippen LogP contribution in [0.5, 0.6) is 0 Å². The van der Waals surface area contributed by atoms with Crippen molar-refractivity contribution in [1.29, 1.82) is 0 Å². The molecular weight excluding hydrogens is 272 g/mol. The summed E-state index contributed by atoms with van der Waals surface area (Å²) in [5.74, 6) is -5.16. The number of carbonyl (C=O) groups is 4. The summed E-state index contributed by atoms with van der Waals surface area (Å²) >= 11 is 0. The molecule has 0 aromatic heterocycles. The Hall–Kier alpha value is -2.12. The number of carboxylic acids is 4. The van der Waals surface area contributed by atoms with Crippen molar-refractivity contribution < 1.29 is 39.6 Å². The number of rotatable bonds is 6. The van der Waals surface area contributed by atoms with Gasteiger partial charge >= 0.3 is 23.9 Å². The highest BCUT2D eigenvalue weighted by atomic mass is 16.4. The van der Waals surface area contributed by atoms with Gasteiger partial charge in [0, 0.05) is 0 Å². The van der Waals surface area contributed by atoms with Gasteiger partial charge in [-0.2, -0.15) is 0 Å². The summed E-state index contributed by atoms with van der Waals surface area (Å²) in [5, 5.41) is 33.7. The lowest BCUT2D eigenvalue weighted by Gasteiger charge is -2.20. The van der Waals surface area contributed by atoms with Gasteiger partial charge in [0.2, 0.25) is 0 Å². The predicted octanol–water partition coefficient (Wildman–Crippen LogP) is 1.14. The van der Waals surface area contributed by atoms with Crippen molar-refractivity contribution in [3.8, 4) is 0 Å². The van der Waals surface area contributed by atoms with Gasteiger partial charge in [0.05, 0.1) is 0 Å². The molecule has 8 heteroatoms. The van der Waals surface area contributed by atoms with E-state index in [1.165, 1.54) is 0 Å². The van der Waals surface area contributed by atoms with Crippen LogP contribution in [-0.2, 0) is 19.2 Å². The van der Waals surface area contributed by atoms with E-state index in [-0.39, 0.29) is 12.8 Å². The van der Waals surface area contributed by atoms with Crippen molar-refractivity contribution in [1.82, 2.24) is 0 Å². The predicted molar refractivity (Wildman–Crippen MR) is 67.3 cm³/mol. The van der Waals surface area contributed by atoms with Crippen molar-refractivity contribution in [2.24, 2.45) is 10.8 Å². The second-order valence-corrected chi connectivity index (χ2v) is 4.63. The Morgan fingerprint density at radius 2 is 0.950 bits per heavy atom. The molecule has 0 saturated heterocycles. The largest absolute Gasteiger partial charge is 0.480 e. The third kappa shape index (κ3) is 4.52. The van der Waals surface area contributed by atoms with E-state index in [0.29, 0.717) is 0 Å². The molecule has 0 aliphatic rings. The molecular formula is C12H20O8. The van der Waals surface area contributed by atoms with Crippen LogP contribution >= 0.6 is 0 Å². The zero-order valence-corrected chi connectivity index (χ0v) is 11.8. The Labute approximate surface area is 116 Å². The van der Waals surface area contributed by atoms with Crippen LogP contribution in [0, 0.1) is 10.8 Å². The van der Waals surface area contributed by atoms with Gasteiger partial charge in [-0.25, -0.2) is 0 Å². The van der Waals surface area contributed by atoms with E-state index in [0.717, 1.165) is 13.8 Å². The fourth-order valence-corrected chi connectivity index (χ4v) is 1.04. The zero-order valence-electron chi connectivity index (χ0n) is 11.8. The van der Waals surface area contributed by atoms with E-state index in [1.54, 1.807) is 13.8 Å². The topological polar surface area (TPSA) is 149 Å². The molecule has 0 atom stereocenters. The molecule has 0 aromatic carbocycles. The van der Waals surface area contributed by atoms with E-state index in [4.69, 9.17) is 20.4 Å². The van der Waals surface area contributed by atoms with Gasteiger partial charge < -0.3 is 20.4 Å². The van der Waals surface area contributed by atoms with Gasteiger partial charge in [-0.3, -0.25) is 19.2 Å². The molecule has 4 N–H and O–H groups in total. The Bertz CT molecular complexity index is 360. The maximum atomic E-state index is 10.5. The monoisotopic (exact) mass is 292 g/mol. The van der Waals surface area contributed by atoms with E-state index >= 15 is 0 Å². The summed E-state index contributed by atoms with van der Waals surface area (Å²) in [4.78, 5) is 41.3. The Morgan fingerprint density at radius 1 is 0.700 bits per heavy atom. The minimum absolute atomic E-state index is 0.119. The molecule has 0 amide bonds. The summed E-state index contributed by atoms with van der Waals surface area (Å²) in [6, 6.07) is 0. The smallest absolute Gasteiger partial charge is 0.321 e. The standard InChI is InChI=1S/C7H12O4.C5H8O4/c1-3-7(4-2,5(8)9)6(10)11;1-5(2,3(6)7)4(8)9/h3-4H2,1-2H3,(H,8,9)(H,10,11);1-2H3,(H,6,7)(H,8,9). The molecule has 0 saturated carbocycles. The average Bonchev–Trinajstić information content (AvgIpc) is 2.30. The van der Waals surface area contributed by atoms with Gasteiger partial charge in [-0.15, -0.1) is 0 Å². The molecule has 8 nitrogen and oxygen atoms in total. The highest BCUT2D eigenvalue weighted by Gasteiger charge is 2.42. The minimum atomic E-state index is -1.67. The zero-order chi connectivity index (χ0) is 16.7. The summed E-state index contributed by atoms with van der Waals surface area (Å²) < 4.78 is 0. The summed E-state index contributed by atoms with van der Waals surface area (Å²) in [6.07, 6.45) is 0.238. The van der Waals surface area contributed by atoms with Crippen molar-refractivity contribution in [3.63, 3.8) is 0 Å². The van der Waals surface area contributed by atoms with Gasteiger partial charge in [-0.1, -0.05) is 13.8 Å². The van der Waals surface area contributed by atoms with Crippen LogP contribution in [-0.4, -0.2) is 44.3 Å². The third-order valence-corrected chi connectivity index (χ3v) is 3.10. The summed E-state index contributed by atoms with van der Waals surface area (Å²) in [6.45, 7) is 5.40. The van der Waals surface area contributed by atoms with E-state index in [1.807, 2.05) is 0 Å². The molecule has 116 valence electrons. The quantitative estimate of drug-likeness (QED) is 0.532. The molecule has 0 aliphatic carbocycles. The second-order valence-electron chi connectivity index (χ2n) is 4.63. The van der Waals surface area contributed by atoms with Gasteiger partial charge in [-0.05, 0) is 26.7 Å². The molecule has 0 radical (unpaired) electrons. The minimum Gasteiger partial charge on any atom is -0.480 e. The van der Waals surface area contributed by atoms with Gasteiger partial charge in [0.1, 0.15) is 0 Å². The number of aliphatic carboxylic acids is 4. The molecule has 20 heavy (non-hydrogen) atoms. The van der Waals surface area contributed by atoms with E-state index < -0.39 is 34.7 Å². The highest BCUT2D eigenvalue weighted by Crippen LogP contribution is 2.26. The maximum absolute atomic E-state index is 10.5. The van der Waals surface area contributed by atoms with Crippen LogP contribution in [0.3, 0.4) is 0 Å². The number of hydrogen-bond acceptors (Lipinski definition) is 4. The van der Waals surface area contributed by atoms with Crippen molar-refractivity contribution in [2.45, 2.75) is 40.5 Å². The fraction of sp³-hybridized carbons (Fsp3) is 0.667. The molecule has 0 aliphatic heterocycles. The molecule has 0 aromatic rings. The van der Waals surface area contributed by atoms with Crippen LogP contribution in [0.15, 0.2) is 0 Å². The lowest BCUT2D eigenvalue weighted by Crippen LogP contribution is -2.38. The van der Waals surface area contributed by atoms with Crippen molar-refractivity contribution in [3.05, 3.63) is 0 Å². The van der Waals surface area contributed by atoms with Crippen molar-refractivity contribution >= 4 is 23.9 Å². The molecule has 0 spiro atoms. The Balaban J connectivity index is 0. The molecule has 0 fully saturated rings. The number of carboxylic acid groups (broad SMARTS) is 4. The highest BCUT2D eigenvalue weighted by molar-refractivity contribution is 5.98. The van der Waals surface area contributed by atoms with Crippen molar-refractivity contribution in [2.75, 3.05) is 0 Å². The van der Waals surface area contributed by atoms with E-state index in [9.17, 15) is 19.2 Å². The first-order valence-corrected chi connectivity index (χ1v) is 5.83. The van der Waals surface area contributed by atoms with Crippen LogP contribution in [0.4, 0.5) is 0 Å². The van der Waals surface area contributed by atoms with Crippen LogP contribution in [0.2, 0.25) is 0 Å². The third-order valence-electron chi connectivity index (χ3n) is 3.10. The normalized spacial score (nSPS) is 11.0. The average molecular weight is 292 g/mol. The lowest BCUT2D eigenvalue weighted by atomic mass is 9.83. The first-order chi connectivity index (χ1) is 8.89. The Morgan fingerprint density at radius 3 is 0.950 bits per heavy atom. The van der Waals surface area contributed by atoms with Gasteiger partial charge in [0.15, 0.2) is 10.8 Å². The first-order valence-electron chi connectivity index (χ1n) is 5.83. The molecule has 0 bridgehead atoms. The number of hydrogen-bond donors (Lipinski definition) is 4. The molecule has 0 unspecified atom stereocenters. The lowest BCUT2D eigenvalue weighted by molar-refractivity contribution is -0.166. The Kier molecular flexibility index (Phi) is 7.54. The first kappa shape index (κ1) is 20.2. The molecule has 0 rings (SSSR count). The van der Waals surface area contributed by atoms with Crippen LogP contribution in [0.1, 0.15) is 40.5 Å². The maximum Gasteiger partial charge on any atom is 0.321 e.